The molecule has 8 nitrogen and oxygen atoms in total. The number of hydrogen-bond donors (Lipinski definition) is 2. The number of nitrogens with one attached hydrogen (secondary N) is 1. The third-order valence-corrected chi connectivity index (χ3v) is 3.87. The molecular weight excluding hydrogens is 372 g/mol. The van der Waals surface area contributed by atoms with Gasteiger partial charge in [-0.15, -0.1) is 0 Å². The molecule has 3 aromatic rings. The Morgan fingerprint density at radius 2 is 2.21 bits per heavy atom. The second-order valence-corrected chi connectivity index (χ2v) is 6.07. The standard InChI is InChI=1S/C18H19F2N5O3/c1-11-6-12(7-23-18(11)28-10-15(19)20)8-25-9-13-14(24-25)2-3-21-16(13)17(27)22-4-5-26/h2-3,6-7,9,15,26H,4-5,8,10H2,1H3,(H,22,27). The Morgan fingerprint density at radius 3 is 2.93 bits per heavy atom. The van der Waals surface area contributed by atoms with Crippen molar-refractivity contribution in [1.29, 1.82) is 0 Å². The third kappa shape index (κ3) is 4.58. The number of aryl methyl sites for hydroxylation is 1. The largest absolute Gasteiger partial charge is 0.471 e. The quantitative estimate of drug-likeness (QED) is 0.604. The predicted molar refractivity (Wildman–Crippen MR) is 96.5 cm³/mol. The van der Waals surface area contributed by atoms with Crippen molar-refractivity contribution in [2.45, 2.75) is 19.9 Å². The summed E-state index contributed by atoms with van der Waals surface area (Å²) in [6.45, 7) is 1.37. The highest BCUT2D eigenvalue weighted by Gasteiger charge is 2.14. The van der Waals surface area contributed by atoms with Crippen molar-refractivity contribution >= 4 is 16.8 Å². The van der Waals surface area contributed by atoms with Gasteiger partial charge in [0.15, 0.2) is 6.61 Å². The van der Waals surface area contributed by atoms with Crippen molar-refractivity contribution in [3.8, 4) is 5.88 Å². The van der Waals surface area contributed by atoms with E-state index >= 15 is 0 Å². The molecule has 0 spiro atoms. The lowest BCUT2D eigenvalue weighted by molar-refractivity contribution is 0.0792. The number of carbonyl (C=O) groups is 1. The van der Waals surface area contributed by atoms with Gasteiger partial charge >= 0.3 is 0 Å². The SMILES string of the molecule is Cc1cc(Cn2cc3c(C(=O)NCCO)nccc3n2)cnc1OCC(F)F. The molecule has 28 heavy (non-hydrogen) atoms. The van der Waals surface area contributed by atoms with Gasteiger partial charge in [-0.3, -0.25) is 14.5 Å². The zero-order chi connectivity index (χ0) is 20.1. The zero-order valence-electron chi connectivity index (χ0n) is 15.1. The van der Waals surface area contributed by atoms with Crippen molar-refractivity contribution in [2.75, 3.05) is 19.8 Å². The molecule has 0 bridgehead atoms. The van der Waals surface area contributed by atoms with Gasteiger partial charge in [-0.25, -0.2) is 13.8 Å². The first-order valence-corrected chi connectivity index (χ1v) is 8.55. The van der Waals surface area contributed by atoms with Gasteiger partial charge < -0.3 is 15.2 Å². The fourth-order valence-corrected chi connectivity index (χ4v) is 2.70. The minimum absolute atomic E-state index is 0.135. The number of halogens is 2. The number of hydrogen-bond acceptors (Lipinski definition) is 6. The third-order valence-electron chi connectivity index (χ3n) is 3.87. The first kappa shape index (κ1) is 19.6. The van der Waals surface area contributed by atoms with Crippen molar-refractivity contribution in [2.24, 2.45) is 0 Å². The van der Waals surface area contributed by atoms with Gasteiger partial charge in [0.05, 0.1) is 24.1 Å². The van der Waals surface area contributed by atoms with Crippen molar-refractivity contribution < 1.29 is 23.4 Å². The molecule has 0 radical (unpaired) electrons. The number of aliphatic hydroxyl groups excluding tert-OH is 1. The second kappa shape index (κ2) is 8.70. The Balaban J connectivity index is 1.79. The first-order valence-electron chi connectivity index (χ1n) is 8.55. The topological polar surface area (TPSA) is 102 Å². The van der Waals surface area contributed by atoms with Gasteiger partial charge in [0, 0.05) is 30.7 Å². The molecule has 3 aromatic heterocycles. The molecule has 0 aromatic carbocycles. The van der Waals surface area contributed by atoms with Crippen LogP contribution >= 0.6 is 0 Å². The summed E-state index contributed by atoms with van der Waals surface area (Å²) in [4.78, 5) is 20.4. The number of aliphatic hydroxyl groups is 1. The van der Waals surface area contributed by atoms with E-state index in [1.165, 1.54) is 12.4 Å². The molecule has 0 saturated heterocycles. The summed E-state index contributed by atoms with van der Waals surface area (Å²) in [6, 6.07) is 3.48. The van der Waals surface area contributed by atoms with E-state index in [4.69, 9.17) is 9.84 Å². The molecule has 0 aliphatic rings. The molecule has 0 fully saturated rings. The maximum absolute atomic E-state index is 12.3. The van der Waals surface area contributed by atoms with Crippen LogP contribution < -0.4 is 10.1 Å². The fourth-order valence-electron chi connectivity index (χ4n) is 2.70. The molecule has 148 valence electrons. The lowest BCUT2D eigenvalue weighted by Gasteiger charge is -2.09. The van der Waals surface area contributed by atoms with Crippen LogP contribution in [-0.2, 0) is 6.54 Å². The maximum atomic E-state index is 12.3. The van der Waals surface area contributed by atoms with Crippen LogP contribution in [0.15, 0.2) is 30.7 Å². The van der Waals surface area contributed by atoms with Crippen LogP contribution in [0, 0.1) is 6.92 Å². The summed E-state index contributed by atoms with van der Waals surface area (Å²) in [5, 5.41) is 16.4. The van der Waals surface area contributed by atoms with Crippen LogP contribution in [0.4, 0.5) is 8.78 Å². The normalized spacial score (nSPS) is 11.2. The molecule has 0 atom stereocenters. The highest BCUT2D eigenvalue weighted by Crippen LogP contribution is 2.19. The number of ether oxygens (including phenoxy) is 1. The number of carbonyl (C=O) groups excluding carboxylic acids is 1. The Morgan fingerprint density at radius 1 is 1.39 bits per heavy atom. The van der Waals surface area contributed by atoms with E-state index in [1.807, 2.05) is 0 Å². The zero-order valence-corrected chi connectivity index (χ0v) is 15.1. The minimum Gasteiger partial charge on any atom is -0.471 e. The number of alkyl halides is 2. The van der Waals surface area contributed by atoms with Crippen LogP contribution in [0.5, 0.6) is 5.88 Å². The van der Waals surface area contributed by atoms with E-state index in [-0.39, 0.29) is 24.7 Å². The highest BCUT2D eigenvalue weighted by atomic mass is 19.3. The molecular formula is C18H19F2N5O3. The molecule has 0 unspecified atom stereocenters. The van der Waals surface area contributed by atoms with E-state index < -0.39 is 18.9 Å². The molecule has 1 amide bonds. The second-order valence-electron chi connectivity index (χ2n) is 6.07. The highest BCUT2D eigenvalue weighted by molar-refractivity contribution is 6.04. The summed E-state index contributed by atoms with van der Waals surface area (Å²) < 4.78 is 31.2. The Bertz CT molecular complexity index is 977. The monoisotopic (exact) mass is 391 g/mol. The number of nitrogens with zero attached hydrogens (tertiary/aromatic N) is 4. The summed E-state index contributed by atoms with van der Waals surface area (Å²) in [6.07, 6.45) is 2.17. The van der Waals surface area contributed by atoms with Crippen molar-refractivity contribution in [1.82, 2.24) is 25.1 Å². The van der Waals surface area contributed by atoms with Gasteiger partial charge in [-0.1, -0.05) is 0 Å². The lowest BCUT2D eigenvalue weighted by atomic mass is 10.2. The van der Waals surface area contributed by atoms with Crippen LogP contribution in [0.3, 0.4) is 0 Å². The van der Waals surface area contributed by atoms with E-state index in [0.717, 1.165) is 5.56 Å². The average Bonchev–Trinajstić information content (AvgIpc) is 3.07. The van der Waals surface area contributed by atoms with Gasteiger partial charge in [-0.2, -0.15) is 5.10 Å². The van der Waals surface area contributed by atoms with Crippen molar-refractivity contribution in [3.63, 3.8) is 0 Å². The predicted octanol–water partition coefficient (Wildman–Crippen LogP) is 1.55. The molecule has 0 saturated carbocycles. The molecule has 3 heterocycles. The van der Waals surface area contributed by atoms with Gasteiger partial charge in [0.1, 0.15) is 5.69 Å². The first-order chi connectivity index (χ1) is 13.5. The summed E-state index contributed by atoms with van der Waals surface area (Å²) in [5.41, 5.74) is 2.27. The average molecular weight is 391 g/mol. The van der Waals surface area contributed by atoms with E-state index in [1.54, 1.807) is 29.9 Å². The number of pyridine rings is 2. The molecule has 0 aliphatic carbocycles. The summed E-state index contributed by atoms with van der Waals surface area (Å²) >= 11 is 0. The number of aromatic nitrogens is 4. The molecule has 3 rings (SSSR count). The van der Waals surface area contributed by atoms with Crippen LogP contribution in [0.2, 0.25) is 0 Å². The lowest BCUT2D eigenvalue weighted by Crippen LogP contribution is -2.27. The van der Waals surface area contributed by atoms with E-state index in [0.29, 0.717) is 23.0 Å². The molecule has 10 heteroatoms. The van der Waals surface area contributed by atoms with Crippen molar-refractivity contribution in [3.05, 3.63) is 47.5 Å². The van der Waals surface area contributed by atoms with Gasteiger partial charge in [0.25, 0.3) is 12.3 Å². The maximum Gasteiger partial charge on any atom is 0.272 e. The number of rotatable bonds is 8. The Kier molecular flexibility index (Phi) is 6.09. The number of fused-ring (bicyclic) bond motifs is 1. The summed E-state index contributed by atoms with van der Waals surface area (Å²) in [7, 11) is 0. The van der Waals surface area contributed by atoms with Crippen LogP contribution in [0.1, 0.15) is 21.6 Å². The molecule has 0 aliphatic heterocycles. The summed E-state index contributed by atoms with van der Waals surface area (Å²) in [5.74, 6) is -0.223. The Hall–Kier alpha value is -3.14. The fraction of sp³-hybridized carbons (Fsp3) is 0.333. The van der Waals surface area contributed by atoms with E-state index in [2.05, 4.69) is 20.4 Å². The van der Waals surface area contributed by atoms with Crippen LogP contribution in [-0.4, -0.2) is 56.9 Å². The van der Waals surface area contributed by atoms with E-state index in [9.17, 15) is 13.6 Å². The Labute approximate surface area is 159 Å². The van der Waals surface area contributed by atoms with Gasteiger partial charge in [-0.05, 0) is 24.6 Å². The molecule has 2 N–H and O–H groups in total. The minimum atomic E-state index is -2.56. The smallest absolute Gasteiger partial charge is 0.272 e. The number of amides is 1. The van der Waals surface area contributed by atoms with Crippen LogP contribution in [0.25, 0.3) is 10.9 Å². The van der Waals surface area contributed by atoms with Gasteiger partial charge in [0.2, 0.25) is 5.88 Å².